The number of hydrogen-bond acceptors (Lipinski definition) is 4. The van der Waals surface area contributed by atoms with Crippen molar-refractivity contribution in [3.05, 3.63) is 63.9 Å². The standard InChI is InChI=1S/C23H28Cl2FN3O4S/c1-5-19(23(31)27-15(2)3)28(13-16-9-11-17(26)12-10-16)21(30)14-29(34(4,32)33)20-8-6-7-18(24)22(20)25/h6-12,15,19H,5,13-14H2,1-4H3,(H,27,31)/t19-/m1/s1. The Bertz CT molecular complexity index is 1130. The second-order valence-corrected chi connectivity index (χ2v) is 10.8. The second-order valence-electron chi connectivity index (χ2n) is 8.08. The number of sulfonamides is 1. The first-order valence-corrected chi connectivity index (χ1v) is 13.2. The average molecular weight is 532 g/mol. The van der Waals surface area contributed by atoms with E-state index >= 15 is 0 Å². The maximum Gasteiger partial charge on any atom is 0.244 e. The Kier molecular flexibility index (Phi) is 9.73. The van der Waals surface area contributed by atoms with Gasteiger partial charge in [0.2, 0.25) is 21.8 Å². The fraction of sp³-hybridized carbons (Fsp3) is 0.391. The molecule has 0 aliphatic rings. The monoisotopic (exact) mass is 531 g/mol. The summed E-state index contributed by atoms with van der Waals surface area (Å²) < 4.78 is 39.5. The van der Waals surface area contributed by atoms with Gasteiger partial charge in [0, 0.05) is 12.6 Å². The van der Waals surface area contributed by atoms with E-state index in [4.69, 9.17) is 23.2 Å². The van der Waals surface area contributed by atoms with E-state index in [9.17, 15) is 22.4 Å². The van der Waals surface area contributed by atoms with Crippen molar-refractivity contribution >= 4 is 50.7 Å². The van der Waals surface area contributed by atoms with Gasteiger partial charge < -0.3 is 10.2 Å². The summed E-state index contributed by atoms with van der Waals surface area (Å²) in [6.45, 7) is 4.71. The minimum absolute atomic E-state index is 0.0166. The summed E-state index contributed by atoms with van der Waals surface area (Å²) in [6, 6.07) is 8.93. The third-order valence-corrected chi connectivity index (χ3v) is 6.90. The Morgan fingerprint density at radius 1 is 1.09 bits per heavy atom. The van der Waals surface area contributed by atoms with Gasteiger partial charge in [-0.15, -0.1) is 0 Å². The molecule has 0 fully saturated rings. The van der Waals surface area contributed by atoms with Crippen molar-refractivity contribution in [1.82, 2.24) is 10.2 Å². The van der Waals surface area contributed by atoms with Gasteiger partial charge in [-0.05, 0) is 50.1 Å². The number of halogens is 3. The summed E-state index contributed by atoms with van der Waals surface area (Å²) in [5.74, 6) is -1.44. The van der Waals surface area contributed by atoms with Crippen LogP contribution in [0.3, 0.4) is 0 Å². The van der Waals surface area contributed by atoms with Crippen molar-refractivity contribution in [3.63, 3.8) is 0 Å². The van der Waals surface area contributed by atoms with Crippen LogP contribution in [0, 0.1) is 5.82 Å². The molecule has 34 heavy (non-hydrogen) atoms. The smallest absolute Gasteiger partial charge is 0.244 e. The van der Waals surface area contributed by atoms with E-state index in [0.29, 0.717) is 5.56 Å². The molecule has 1 atom stereocenters. The highest BCUT2D eigenvalue weighted by Gasteiger charge is 2.32. The Balaban J connectivity index is 2.48. The number of anilines is 1. The van der Waals surface area contributed by atoms with Crippen molar-refractivity contribution < 1.29 is 22.4 Å². The third-order valence-electron chi connectivity index (χ3n) is 4.96. The van der Waals surface area contributed by atoms with Crippen molar-refractivity contribution in [2.45, 2.75) is 45.8 Å². The fourth-order valence-corrected chi connectivity index (χ4v) is 4.67. The zero-order valence-electron chi connectivity index (χ0n) is 19.4. The van der Waals surface area contributed by atoms with Crippen LogP contribution in [-0.2, 0) is 26.2 Å². The minimum Gasteiger partial charge on any atom is -0.352 e. The number of rotatable bonds is 10. The van der Waals surface area contributed by atoms with Crippen LogP contribution in [0.4, 0.5) is 10.1 Å². The number of benzene rings is 2. The molecule has 0 aliphatic carbocycles. The number of nitrogens with zero attached hydrogens (tertiary/aromatic N) is 2. The molecule has 0 unspecified atom stereocenters. The van der Waals surface area contributed by atoms with Crippen molar-refractivity contribution in [1.29, 1.82) is 0 Å². The maximum atomic E-state index is 13.5. The van der Waals surface area contributed by atoms with Crippen LogP contribution in [0.1, 0.15) is 32.8 Å². The summed E-state index contributed by atoms with van der Waals surface area (Å²) in [5.41, 5.74) is 0.628. The topological polar surface area (TPSA) is 86.8 Å². The minimum atomic E-state index is -3.94. The fourth-order valence-electron chi connectivity index (χ4n) is 3.37. The van der Waals surface area contributed by atoms with E-state index in [2.05, 4.69) is 5.32 Å². The molecule has 2 rings (SSSR count). The summed E-state index contributed by atoms with van der Waals surface area (Å²) in [4.78, 5) is 27.7. The molecule has 0 radical (unpaired) electrons. The predicted molar refractivity (Wildman–Crippen MR) is 133 cm³/mol. The number of nitrogens with one attached hydrogen (secondary N) is 1. The van der Waals surface area contributed by atoms with Crippen LogP contribution in [0.15, 0.2) is 42.5 Å². The van der Waals surface area contributed by atoms with E-state index < -0.39 is 34.3 Å². The van der Waals surface area contributed by atoms with E-state index in [-0.39, 0.29) is 40.6 Å². The first kappa shape index (κ1) is 27.9. The lowest BCUT2D eigenvalue weighted by Crippen LogP contribution is -2.53. The van der Waals surface area contributed by atoms with Gasteiger partial charge in [0.25, 0.3) is 0 Å². The van der Waals surface area contributed by atoms with Gasteiger partial charge in [0.05, 0.1) is 22.0 Å². The Morgan fingerprint density at radius 2 is 1.71 bits per heavy atom. The van der Waals surface area contributed by atoms with Crippen LogP contribution in [0.25, 0.3) is 0 Å². The molecule has 0 bridgehead atoms. The second kappa shape index (κ2) is 11.9. The van der Waals surface area contributed by atoms with Gasteiger partial charge in [-0.25, -0.2) is 12.8 Å². The van der Waals surface area contributed by atoms with Crippen LogP contribution in [0.2, 0.25) is 10.0 Å². The largest absolute Gasteiger partial charge is 0.352 e. The summed E-state index contributed by atoms with van der Waals surface area (Å²) >= 11 is 12.3. The lowest BCUT2D eigenvalue weighted by molar-refractivity contribution is -0.140. The quantitative estimate of drug-likeness (QED) is 0.496. The highest BCUT2D eigenvalue weighted by molar-refractivity contribution is 7.92. The van der Waals surface area contributed by atoms with E-state index in [1.54, 1.807) is 20.8 Å². The Labute approximate surface area is 209 Å². The zero-order chi connectivity index (χ0) is 25.6. The molecule has 1 N–H and O–H groups in total. The van der Waals surface area contributed by atoms with Gasteiger partial charge in [-0.1, -0.05) is 48.3 Å². The van der Waals surface area contributed by atoms with Gasteiger partial charge in [-0.2, -0.15) is 0 Å². The van der Waals surface area contributed by atoms with Crippen LogP contribution < -0.4 is 9.62 Å². The summed E-state index contributed by atoms with van der Waals surface area (Å²) in [6.07, 6.45) is 1.23. The van der Waals surface area contributed by atoms with Crippen LogP contribution in [-0.4, -0.2) is 50.0 Å². The van der Waals surface area contributed by atoms with Crippen molar-refractivity contribution in [2.75, 3.05) is 17.1 Å². The number of carbonyl (C=O) groups excluding carboxylic acids is 2. The summed E-state index contributed by atoms with van der Waals surface area (Å²) in [7, 11) is -3.94. The average Bonchev–Trinajstić information content (AvgIpc) is 2.74. The molecule has 0 aliphatic heterocycles. The van der Waals surface area contributed by atoms with Gasteiger partial charge in [-0.3, -0.25) is 13.9 Å². The third kappa shape index (κ3) is 7.32. The van der Waals surface area contributed by atoms with Crippen molar-refractivity contribution in [3.8, 4) is 0 Å². The molecule has 0 saturated heterocycles. The number of carbonyl (C=O) groups is 2. The molecule has 11 heteroatoms. The van der Waals surface area contributed by atoms with Crippen LogP contribution >= 0.6 is 23.2 Å². The highest BCUT2D eigenvalue weighted by atomic mass is 35.5. The molecule has 2 aromatic rings. The molecule has 7 nitrogen and oxygen atoms in total. The van der Waals surface area contributed by atoms with Crippen molar-refractivity contribution in [2.24, 2.45) is 0 Å². The molecule has 186 valence electrons. The first-order chi connectivity index (χ1) is 15.8. The zero-order valence-corrected chi connectivity index (χ0v) is 21.7. The molecule has 0 aromatic heterocycles. The first-order valence-electron chi connectivity index (χ1n) is 10.6. The summed E-state index contributed by atoms with van der Waals surface area (Å²) in [5, 5.41) is 2.91. The molecule has 2 aromatic carbocycles. The molecular formula is C23H28Cl2FN3O4S. The van der Waals surface area contributed by atoms with Gasteiger partial charge in [0.1, 0.15) is 18.4 Å². The predicted octanol–water partition coefficient (Wildman–Crippen LogP) is 4.23. The molecule has 2 amide bonds. The van der Waals surface area contributed by atoms with E-state index in [1.807, 2.05) is 0 Å². The highest BCUT2D eigenvalue weighted by Crippen LogP contribution is 2.33. The maximum absolute atomic E-state index is 13.5. The Morgan fingerprint density at radius 3 is 2.24 bits per heavy atom. The SMILES string of the molecule is CC[C@H](C(=O)NC(C)C)N(Cc1ccc(F)cc1)C(=O)CN(c1cccc(Cl)c1Cl)S(C)(=O)=O. The van der Waals surface area contributed by atoms with Gasteiger partial charge in [0.15, 0.2) is 0 Å². The molecular weight excluding hydrogens is 504 g/mol. The lowest BCUT2D eigenvalue weighted by atomic mass is 10.1. The van der Waals surface area contributed by atoms with Crippen LogP contribution in [0.5, 0.6) is 0 Å². The van der Waals surface area contributed by atoms with E-state index in [0.717, 1.165) is 10.6 Å². The molecule has 0 heterocycles. The number of amides is 2. The molecule has 0 spiro atoms. The lowest BCUT2D eigenvalue weighted by Gasteiger charge is -2.33. The Hall–Kier alpha value is -2.36. The molecule has 0 saturated carbocycles. The number of hydrogen-bond donors (Lipinski definition) is 1. The van der Waals surface area contributed by atoms with E-state index in [1.165, 1.54) is 47.4 Å². The normalized spacial score (nSPS) is 12.4. The van der Waals surface area contributed by atoms with Gasteiger partial charge >= 0.3 is 0 Å².